The minimum absolute atomic E-state index is 0.633. The van der Waals surface area contributed by atoms with Gasteiger partial charge in [-0.05, 0) is 30.9 Å². The van der Waals surface area contributed by atoms with Gasteiger partial charge in [-0.2, -0.15) is 5.26 Å². The quantitative estimate of drug-likeness (QED) is 0.764. The second-order valence-electron chi connectivity index (χ2n) is 4.46. The zero-order valence-electron chi connectivity index (χ0n) is 10.8. The van der Waals surface area contributed by atoms with Gasteiger partial charge in [-0.25, -0.2) is 0 Å². The van der Waals surface area contributed by atoms with E-state index >= 15 is 0 Å². The predicted octanol–water partition coefficient (Wildman–Crippen LogP) is 3.41. The number of ether oxygens (including phenoxy) is 1. The van der Waals surface area contributed by atoms with Crippen LogP contribution < -0.4 is 10.1 Å². The molecule has 0 radical (unpaired) electrons. The normalized spacial score (nSPS) is 10.1. The summed E-state index contributed by atoms with van der Waals surface area (Å²) in [5.74, 6) is 1.44. The summed E-state index contributed by atoms with van der Waals surface area (Å²) in [7, 11) is 1.62. The predicted molar refractivity (Wildman–Crippen MR) is 70.3 cm³/mol. The molecule has 0 aromatic heterocycles. The molecule has 1 aromatic rings. The number of hydrogen-bond donors (Lipinski definition) is 1. The summed E-state index contributed by atoms with van der Waals surface area (Å²) in [5.41, 5.74) is 1.44. The molecule has 1 rings (SSSR count). The Morgan fingerprint density at radius 1 is 1.41 bits per heavy atom. The summed E-state index contributed by atoms with van der Waals surface area (Å²) in [6.45, 7) is 5.29. The molecule has 3 heteroatoms. The topological polar surface area (TPSA) is 45.0 Å². The fraction of sp³-hybridized carbons (Fsp3) is 0.500. The SMILES string of the molecule is COc1cccc(C#N)c1NCCCC(C)C. The highest BCUT2D eigenvalue weighted by Crippen LogP contribution is 2.27. The van der Waals surface area contributed by atoms with E-state index in [4.69, 9.17) is 10.00 Å². The maximum Gasteiger partial charge on any atom is 0.143 e. The Morgan fingerprint density at radius 2 is 2.18 bits per heavy atom. The summed E-state index contributed by atoms with van der Waals surface area (Å²) < 4.78 is 5.25. The van der Waals surface area contributed by atoms with Crippen LogP contribution in [0.15, 0.2) is 18.2 Å². The number of rotatable bonds is 6. The van der Waals surface area contributed by atoms with Gasteiger partial charge in [0.1, 0.15) is 11.8 Å². The minimum Gasteiger partial charge on any atom is -0.495 e. The highest BCUT2D eigenvalue weighted by molar-refractivity contribution is 5.66. The molecule has 0 fully saturated rings. The van der Waals surface area contributed by atoms with Crippen LogP contribution in [0, 0.1) is 17.2 Å². The first kappa shape index (κ1) is 13.4. The molecule has 0 bridgehead atoms. The van der Waals surface area contributed by atoms with Crippen LogP contribution in [0.3, 0.4) is 0 Å². The lowest BCUT2D eigenvalue weighted by molar-refractivity contribution is 0.416. The lowest BCUT2D eigenvalue weighted by Gasteiger charge is -2.13. The van der Waals surface area contributed by atoms with E-state index in [-0.39, 0.29) is 0 Å². The van der Waals surface area contributed by atoms with Gasteiger partial charge in [0.2, 0.25) is 0 Å². The molecule has 0 saturated carbocycles. The molecule has 0 aliphatic heterocycles. The van der Waals surface area contributed by atoms with Gasteiger partial charge in [-0.3, -0.25) is 0 Å². The van der Waals surface area contributed by atoms with Crippen LogP contribution in [0.4, 0.5) is 5.69 Å². The highest BCUT2D eigenvalue weighted by Gasteiger charge is 2.07. The van der Waals surface area contributed by atoms with Crippen molar-refractivity contribution in [3.05, 3.63) is 23.8 Å². The standard InChI is InChI=1S/C14H20N2O/c1-11(2)6-5-9-16-14-12(10-15)7-4-8-13(14)17-3/h4,7-8,11,16H,5-6,9H2,1-3H3. The summed E-state index contributed by atoms with van der Waals surface area (Å²) in [5, 5.41) is 12.3. The zero-order valence-corrected chi connectivity index (χ0v) is 10.8. The first-order valence-corrected chi connectivity index (χ1v) is 6.00. The maximum atomic E-state index is 9.04. The Kier molecular flexibility index (Phi) is 5.35. The molecule has 0 saturated heterocycles. The Balaban J connectivity index is 2.65. The molecule has 3 nitrogen and oxygen atoms in total. The van der Waals surface area contributed by atoms with E-state index in [1.165, 1.54) is 6.42 Å². The number of benzene rings is 1. The van der Waals surface area contributed by atoms with E-state index in [2.05, 4.69) is 25.2 Å². The first-order chi connectivity index (χ1) is 8.19. The van der Waals surface area contributed by atoms with Gasteiger partial charge in [0.25, 0.3) is 0 Å². The number of nitriles is 1. The van der Waals surface area contributed by atoms with Crippen LogP contribution in [0.2, 0.25) is 0 Å². The number of anilines is 1. The lowest BCUT2D eigenvalue weighted by Crippen LogP contribution is -2.06. The molecule has 0 unspecified atom stereocenters. The fourth-order valence-corrected chi connectivity index (χ4v) is 1.70. The van der Waals surface area contributed by atoms with Crippen molar-refractivity contribution in [2.45, 2.75) is 26.7 Å². The Hall–Kier alpha value is -1.69. The van der Waals surface area contributed by atoms with E-state index < -0.39 is 0 Å². The van der Waals surface area contributed by atoms with Crippen molar-refractivity contribution in [2.24, 2.45) is 5.92 Å². The third kappa shape index (κ3) is 3.99. The van der Waals surface area contributed by atoms with Crippen LogP contribution in [-0.4, -0.2) is 13.7 Å². The summed E-state index contributed by atoms with van der Waals surface area (Å²) >= 11 is 0. The molecule has 0 amide bonds. The molecule has 0 spiro atoms. The summed E-state index contributed by atoms with van der Waals surface area (Å²) in [4.78, 5) is 0. The third-order valence-corrected chi connectivity index (χ3v) is 2.63. The van der Waals surface area contributed by atoms with Crippen molar-refractivity contribution >= 4 is 5.69 Å². The lowest BCUT2D eigenvalue weighted by atomic mass is 10.1. The van der Waals surface area contributed by atoms with Gasteiger partial charge < -0.3 is 10.1 Å². The van der Waals surface area contributed by atoms with Crippen LogP contribution in [0.5, 0.6) is 5.75 Å². The highest BCUT2D eigenvalue weighted by atomic mass is 16.5. The Morgan fingerprint density at radius 3 is 2.76 bits per heavy atom. The van der Waals surface area contributed by atoms with Crippen LogP contribution >= 0.6 is 0 Å². The minimum atomic E-state index is 0.633. The molecule has 0 atom stereocenters. The third-order valence-electron chi connectivity index (χ3n) is 2.63. The molecular formula is C14H20N2O. The monoisotopic (exact) mass is 232 g/mol. The molecule has 0 heterocycles. The van der Waals surface area contributed by atoms with Crippen molar-refractivity contribution in [2.75, 3.05) is 19.0 Å². The van der Waals surface area contributed by atoms with E-state index in [0.29, 0.717) is 11.5 Å². The number of para-hydroxylation sites is 1. The van der Waals surface area contributed by atoms with Crippen molar-refractivity contribution in [1.29, 1.82) is 5.26 Å². The van der Waals surface area contributed by atoms with Gasteiger partial charge in [0, 0.05) is 6.54 Å². The van der Waals surface area contributed by atoms with Crippen molar-refractivity contribution in [1.82, 2.24) is 0 Å². The van der Waals surface area contributed by atoms with Crippen molar-refractivity contribution in [3.63, 3.8) is 0 Å². The molecule has 0 aliphatic carbocycles. The van der Waals surface area contributed by atoms with Gasteiger partial charge in [-0.15, -0.1) is 0 Å². The largest absolute Gasteiger partial charge is 0.495 e. The van der Waals surface area contributed by atoms with Gasteiger partial charge >= 0.3 is 0 Å². The van der Waals surface area contributed by atoms with Crippen LogP contribution in [0.1, 0.15) is 32.3 Å². The number of methoxy groups -OCH3 is 1. The second-order valence-corrected chi connectivity index (χ2v) is 4.46. The van der Waals surface area contributed by atoms with Crippen LogP contribution in [-0.2, 0) is 0 Å². The van der Waals surface area contributed by atoms with Gasteiger partial charge in [-0.1, -0.05) is 19.9 Å². The molecule has 1 N–H and O–H groups in total. The van der Waals surface area contributed by atoms with Crippen molar-refractivity contribution < 1.29 is 4.74 Å². The van der Waals surface area contributed by atoms with E-state index in [1.807, 2.05) is 12.1 Å². The summed E-state index contributed by atoms with van der Waals surface area (Å²) in [6.07, 6.45) is 2.28. The van der Waals surface area contributed by atoms with Gasteiger partial charge in [0.05, 0.1) is 18.4 Å². The van der Waals surface area contributed by atoms with E-state index in [0.717, 1.165) is 24.4 Å². The number of nitrogens with one attached hydrogen (secondary N) is 1. The average Bonchev–Trinajstić information content (AvgIpc) is 2.34. The number of nitrogens with zero attached hydrogens (tertiary/aromatic N) is 1. The van der Waals surface area contributed by atoms with Crippen molar-refractivity contribution in [3.8, 4) is 11.8 Å². The van der Waals surface area contributed by atoms with Crippen LogP contribution in [0.25, 0.3) is 0 Å². The summed E-state index contributed by atoms with van der Waals surface area (Å²) in [6, 6.07) is 7.67. The fourth-order valence-electron chi connectivity index (χ4n) is 1.70. The molecule has 92 valence electrons. The average molecular weight is 232 g/mol. The smallest absolute Gasteiger partial charge is 0.143 e. The first-order valence-electron chi connectivity index (χ1n) is 6.00. The molecule has 17 heavy (non-hydrogen) atoms. The van der Waals surface area contributed by atoms with E-state index in [9.17, 15) is 0 Å². The Bertz CT molecular complexity index is 394. The molecule has 1 aromatic carbocycles. The molecule has 0 aliphatic rings. The number of hydrogen-bond acceptors (Lipinski definition) is 3. The van der Waals surface area contributed by atoms with E-state index in [1.54, 1.807) is 13.2 Å². The Labute approximate surface area is 103 Å². The van der Waals surface area contributed by atoms with Gasteiger partial charge in [0.15, 0.2) is 0 Å². The second kappa shape index (κ2) is 6.80. The maximum absolute atomic E-state index is 9.04. The molecular weight excluding hydrogens is 212 g/mol. The zero-order chi connectivity index (χ0) is 12.7.